The third kappa shape index (κ3) is 3.12. The fourth-order valence-electron chi connectivity index (χ4n) is 2.04. The Kier molecular flexibility index (Phi) is 3.28. The lowest BCUT2D eigenvalue weighted by Gasteiger charge is -2.06. The van der Waals surface area contributed by atoms with Crippen LogP contribution >= 0.6 is 0 Å². The van der Waals surface area contributed by atoms with Crippen LogP contribution in [0.2, 0.25) is 0 Å². The molecule has 0 radical (unpaired) electrons. The first-order valence-electron chi connectivity index (χ1n) is 5.44. The molecule has 0 aromatic heterocycles. The molecule has 0 aliphatic carbocycles. The monoisotopic (exact) mass is 256 g/mol. The molecule has 0 bridgehead atoms. The Balaban J connectivity index is 2.03. The molecule has 1 aromatic rings. The van der Waals surface area contributed by atoms with E-state index in [1.54, 1.807) is 12.1 Å². The molecule has 2 rings (SSSR count). The normalized spacial score (nSPS) is 22.5. The maximum absolute atomic E-state index is 12.9. The quantitative estimate of drug-likeness (QED) is 0.820. The van der Waals surface area contributed by atoms with Crippen LogP contribution in [0.3, 0.4) is 0 Å². The number of rotatable bonds is 3. The first-order chi connectivity index (χ1) is 7.96. The van der Waals surface area contributed by atoms with Crippen LogP contribution < -0.4 is 0 Å². The molecule has 1 unspecified atom stereocenters. The molecule has 1 aliphatic heterocycles. The molecule has 1 atom stereocenters. The standard InChI is InChI=1S/C12H13FO3S/c13-11-3-1-2-9(6-11)7-12(14)10-4-5-17(15,16)8-10/h1-3,6,10H,4-5,7-8H2. The number of carbonyl (C=O) groups excluding carboxylic acids is 1. The number of sulfone groups is 1. The molecule has 1 fully saturated rings. The second-order valence-corrected chi connectivity index (χ2v) is 6.60. The SMILES string of the molecule is O=C(Cc1cccc(F)c1)C1CCS(=O)(=O)C1. The lowest BCUT2D eigenvalue weighted by molar-refractivity contribution is -0.121. The van der Waals surface area contributed by atoms with Gasteiger partial charge in [0.2, 0.25) is 0 Å². The predicted molar refractivity (Wildman–Crippen MR) is 61.9 cm³/mol. The van der Waals surface area contributed by atoms with E-state index in [9.17, 15) is 17.6 Å². The van der Waals surface area contributed by atoms with E-state index in [0.717, 1.165) is 0 Å². The Morgan fingerprint density at radius 1 is 1.41 bits per heavy atom. The molecule has 3 nitrogen and oxygen atoms in total. The summed E-state index contributed by atoms with van der Waals surface area (Å²) in [7, 11) is -3.04. The van der Waals surface area contributed by atoms with Gasteiger partial charge in [0.15, 0.2) is 9.84 Å². The number of halogens is 1. The van der Waals surface area contributed by atoms with Crippen LogP contribution in [0.5, 0.6) is 0 Å². The predicted octanol–water partition coefficient (Wildman–Crippen LogP) is 1.37. The molecule has 0 N–H and O–H groups in total. The third-order valence-electron chi connectivity index (χ3n) is 2.96. The van der Waals surface area contributed by atoms with Crippen LogP contribution in [-0.2, 0) is 21.1 Å². The van der Waals surface area contributed by atoms with Gasteiger partial charge < -0.3 is 0 Å². The minimum absolute atomic E-state index is 0.0544. The smallest absolute Gasteiger partial charge is 0.151 e. The van der Waals surface area contributed by atoms with Crippen molar-refractivity contribution in [3.8, 4) is 0 Å². The zero-order valence-corrected chi connectivity index (χ0v) is 10.0. The first-order valence-corrected chi connectivity index (χ1v) is 7.26. The van der Waals surface area contributed by atoms with E-state index in [4.69, 9.17) is 0 Å². The summed E-state index contributed by atoms with van der Waals surface area (Å²) in [6, 6.07) is 5.84. The zero-order valence-electron chi connectivity index (χ0n) is 9.23. The molecule has 1 heterocycles. The molecule has 0 saturated carbocycles. The van der Waals surface area contributed by atoms with Gasteiger partial charge in [-0.25, -0.2) is 12.8 Å². The van der Waals surface area contributed by atoms with E-state index < -0.39 is 15.8 Å². The average Bonchev–Trinajstić information content (AvgIpc) is 2.59. The van der Waals surface area contributed by atoms with E-state index in [1.165, 1.54) is 12.1 Å². The van der Waals surface area contributed by atoms with Gasteiger partial charge in [0.05, 0.1) is 11.5 Å². The van der Waals surface area contributed by atoms with Crippen molar-refractivity contribution in [2.75, 3.05) is 11.5 Å². The number of benzene rings is 1. The Labute approximate surface area is 99.6 Å². The molecular weight excluding hydrogens is 243 g/mol. The number of Topliss-reactive ketones (excluding diaryl/α,β-unsaturated/α-hetero) is 1. The molecule has 17 heavy (non-hydrogen) atoms. The number of ketones is 1. The van der Waals surface area contributed by atoms with Crippen LogP contribution in [0.25, 0.3) is 0 Å². The van der Waals surface area contributed by atoms with Crippen LogP contribution in [-0.4, -0.2) is 25.7 Å². The molecule has 0 spiro atoms. The molecule has 5 heteroatoms. The van der Waals surface area contributed by atoms with E-state index >= 15 is 0 Å². The number of carbonyl (C=O) groups is 1. The molecule has 92 valence electrons. The molecule has 1 aliphatic rings. The second kappa shape index (κ2) is 4.56. The van der Waals surface area contributed by atoms with Crippen LogP contribution in [0.15, 0.2) is 24.3 Å². The fraction of sp³-hybridized carbons (Fsp3) is 0.417. The lowest BCUT2D eigenvalue weighted by Crippen LogP contribution is -2.18. The van der Waals surface area contributed by atoms with Crippen molar-refractivity contribution < 1.29 is 17.6 Å². The van der Waals surface area contributed by atoms with Crippen LogP contribution in [0.4, 0.5) is 4.39 Å². The number of hydrogen-bond donors (Lipinski definition) is 0. The highest BCUT2D eigenvalue weighted by Gasteiger charge is 2.32. The molecule has 0 amide bonds. The third-order valence-corrected chi connectivity index (χ3v) is 4.72. The highest BCUT2D eigenvalue weighted by molar-refractivity contribution is 7.91. The summed E-state index contributed by atoms with van der Waals surface area (Å²) in [5, 5.41) is 0. The number of hydrogen-bond acceptors (Lipinski definition) is 3. The lowest BCUT2D eigenvalue weighted by atomic mass is 9.97. The minimum atomic E-state index is -3.04. The zero-order chi connectivity index (χ0) is 12.5. The van der Waals surface area contributed by atoms with Gasteiger partial charge in [-0.05, 0) is 24.1 Å². The van der Waals surface area contributed by atoms with Crippen LogP contribution in [0, 0.1) is 11.7 Å². The summed E-state index contributed by atoms with van der Waals surface area (Å²) < 4.78 is 35.4. The summed E-state index contributed by atoms with van der Waals surface area (Å²) in [4.78, 5) is 11.8. The molecule has 1 saturated heterocycles. The van der Waals surface area contributed by atoms with Gasteiger partial charge in [0, 0.05) is 12.3 Å². The Morgan fingerprint density at radius 2 is 2.18 bits per heavy atom. The van der Waals surface area contributed by atoms with Crippen molar-refractivity contribution in [3.05, 3.63) is 35.6 Å². The van der Waals surface area contributed by atoms with Crippen molar-refractivity contribution in [2.24, 2.45) is 5.92 Å². The van der Waals surface area contributed by atoms with Gasteiger partial charge in [-0.1, -0.05) is 12.1 Å². The molecular formula is C12H13FO3S. The summed E-state index contributed by atoms with van der Waals surface area (Å²) in [6.45, 7) is 0. The molecule has 1 aromatic carbocycles. The van der Waals surface area contributed by atoms with Gasteiger partial charge in [-0.3, -0.25) is 4.79 Å². The van der Waals surface area contributed by atoms with E-state index in [2.05, 4.69) is 0 Å². The highest BCUT2D eigenvalue weighted by atomic mass is 32.2. The summed E-state index contributed by atoms with van der Waals surface area (Å²) in [5.41, 5.74) is 0.597. The van der Waals surface area contributed by atoms with Gasteiger partial charge in [0.1, 0.15) is 11.6 Å². The van der Waals surface area contributed by atoms with Gasteiger partial charge in [0.25, 0.3) is 0 Å². The topological polar surface area (TPSA) is 51.2 Å². The second-order valence-electron chi connectivity index (χ2n) is 4.37. The summed E-state index contributed by atoms with van der Waals surface area (Å²) >= 11 is 0. The summed E-state index contributed by atoms with van der Waals surface area (Å²) in [6.07, 6.45) is 0.508. The fourth-order valence-corrected chi connectivity index (χ4v) is 3.82. The Morgan fingerprint density at radius 3 is 2.76 bits per heavy atom. The van der Waals surface area contributed by atoms with Gasteiger partial charge in [-0.15, -0.1) is 0 Å². The van der Waals surface area contributed by atoms with E-state index in [1.807, 2.05) is 0 Å². The van der Waals surface area contributed by atoms with Crippen LogP contribution in [0.1, 0.15) is 12.0 Å². The van der Waals surface area contributed by atoms with Crippen molar-refractivity contribution in [2.45, 2.75) is 12.8 Å². The Bertz CT molecular complexity index is 536. The first kappa shape index (κ1) is 12.2. The van der Waals surface area contributed by atoms with Crippen molar-refractivity contribution >= 4 is 15.6 Å². The van der Waals surface area contributed by atoms with Crippen molar-refractivity contribution in [1.82, 2.24) is 0 Å². The maximum atomic E-state index is 12.9. The summed E-state index contributed by atoms with van der Waals surface area (Å²) in [5.74, 6) is -0.873. The van der Waals surface area contributed by atoms with Crippen molar-refractivity contribution in [1.29, 1.82) is 0 Å². The van der Waals surface area contributed by atoms with E-state index in [-0.39, 0.29) is 29.5 Å². The highest BCUT2D eigenvalue weighted by Crippen LogP contribution is 2.21. The Hall–Kier alpha value is -1.23. The van der Waals surface area contributed by atoms with Gasteiger partial charge in [-0.2, -0.15) is 0 Å². The van der Waals surface area contributed by atoms with E-state index in [0.29, 0.717) is 12.0 Å². The minimum Gasteiger partial charge on any atom is -0.299 e. The van der Waals surface area contributed by atoms with Crippen molar-refractivity contribution in [3.63, 3.8) is 0 Å². The maximum Gasteiger partial charge on any atom is 0.151 e. The largest absolute Gasteiger partial charge is 0.299 e. The average molecular weight is 256 g/mol. The van der Waals surface area contributed by atoms with Gasteiger partial charge >= 0.3 is 0 Å².